The lowest BCUT2D eigenvalue weighted by Crippen LogP contribution is -2.17. The molecule has 2 nitrogen and oxygen atoms in total. The lowest BCUT2D eigenvalue weighted by Gasteiger charge is -2.14. The molecule has 1 aromatic rings. The Labute approximate surface area is 97.7 Å². The number of rotatable bonds is 4. The molecule has 0 heterocycles. The number of hydrogen-bond acceptors (Lipinski definition) is 2. The van der Waals surface area contributed by atoms with Crippen LogP contribution < -0.4 is 9.47 Å². The monoisotopic (exact) mass is 245 g/mol. The van der Waals surface area contributed by atoms with Crippen LogP contribution in [0.1, 0.15) is 19.4 Å². The van der Waals surface area contributed by atoms with Crippen LogP contribution in [0.3, 0.4) is 0 Å². The normalized spacial score (nSPS) is 11.4. The van der Waals surface area contributed by atoms with Crippen LogP contribution in [0, 0.1) is 6.08 Å². The van der Waals surface area contributed by atoms with Gasteiger partial charge in [0.05, 0.1) is 6.10 Å². The van der Waals surface area contributed by atoms with Crippen LogP contribution in [0.25, 0.3) is 0 Å². The third kappa shape index (κ3) is 4.38. The predicted molar refractivity (Wildman–Crippen MR) is 56.9 cm³/mol. The highest BCUT2D eigenvalue weighted by Gasteiger charge is 2.31. The summed E-state index contributed by atoms with van der Waals surface area (Å²) in [4.78, 5) is 0. The van der Waals surface area contributed by atoms with Crippen LogP contribution in [0.2, 0.25) is 0 Å². The molecule has 0 aliphatic rings. The maximum absolute atomic E-state index is 12.0. The van der Waals surface area contributed by atoms with Gasteiger partial charge < -0.3 is 9.47 Å². The van der Waals surface area contributed by atoms with Crippen molar-refractivity contribution in [3.05, 3.63) is 36.4 Å². The van der Waals surface area contributed by atoms with Gasteiger partial charge in [-0.1, -0.05) is 6.58 Å². The fraction of sp³-hybridized carbons (Fsp3) is 0.333. The van der Waals surface area contributed by atoms with Crippen LogP contribution in [-0.2, 0) is 0 Å². The first-order valence-electron chi connectivity index (χ1n) is 4.91. The second kappa shape index (κ2) is 5.12. The highest BCUT2D eigenvalue weighted by Crippen LogP contribution is 2.28. The molecule has 0 bridgehead atoms. The Kier molecular flexibility index (Phi) is 4.04. The zero-order valence-electron chi connectivity index (χ0n) is 9.47. The highest BCUT2D eigenvalue weighted by molar-refractivity contribution is 5.43. The van der Waals surface area contributed by atoms with Gasteiger partial charge >= 0.3 is 6.36 Å². The van der Waals surface area contributed by atoms with Gasteiger partial charge in [0.2, 0.25) is 0 Å². The third-order valence-corrected chi connectivity index (χ3v) is 1.74. The van der Waals surface area contributed by atoms with E-state index in [-0.39, 0.29) is 11.9 Å². The summed E-state index contributed by atoms with van der Waals surface area (Å²) in [5.41, 5.74) is 0.334. The van der Waals surface area contributed by atoms with Crippen molar-refractivity contribution in [2.24, 2.45) is 0 Å². The van der Waals surface area contributed by atoms with Crippen molar-refractivity contribution in [3.8, 4) is 11.5 Å². The minimum Gasteiger partial charge on any atom is -0.490 e. The third-order valence-electron chi connectivity index (χ3n) is 1.74. The van der Waals surface area contributed by atoms with Gasteiger partial charge in [-0.2, -0.15) is 0 Å². The second-order valence-corrected chi connectivity index (χ2v) is 3.55. The van der Waals surface area contributed by atoms with Gasteiger partial charge in [-0.15, -0.1) is 13.2 Å². The molecule has 17 heavy (non-hydrogen) atoms. The Hall–Kier alpha value is -1.65. The molecule has 1 radical (unpaired) electrons. The lowest BCUT2D eigenvalue weighted by molar-refractivity contribution is -0.274. The summed E-state index contributed by atoms with van der Waals surface area (Å²) in [5.74, 6) is 0.101. The first-order chi connectivity index (χ1) is 7.81. The SMILES string of the molecule is C=[C]c1cc(OC(F)(F)F)ccc1OC(C)C. The molecule has 0 aliphatic carbocycles. The fourth-order valence-electron chi connectivity index (χ4n) is 1.20. The van der Waals surface area contributed by atoms with Gasteiger partial charge in [0.25, 0.3) is 0 Å². The number of benzene rings is 1. The van der Waals surface area contributed by atoms with Gasteiger partial charge in [0.15, 0.2) is 0 Å². The maximum atomic E-state index is 12.0. The zero-order valence-corrected chi connectivity index (χ0v) is 9.47. The van der Waals surface area contributed by atoms with E-state index in [9.17, 15) is 13.2 Å². The summed E-state index contributed by atoms with van der Waals surface area (Å²) < 4.78 is 45.2. The van der Waals surface area contributed by atoms with Gasteiger partial charge in [-0.3, -0.25) is 0 Å². The van der Waals surface area contributed by atoms with Crippen molar-refractivity contribution in [2.75, 3.05) is 0 Å². The predicted octanol–water partition coefficient (Wildman–Crippen LogP) is 3.71. The molecule has 0 aromatic heterocycles. The number of halogens is 3. The van der Waals surface area contributed by atoms with Crippen molar-refractivity contribution in [1.29, 1.82) is 0 Å². The van der Waals surface area contributed by atoms with E-state index in [0.717, 1.165) is 0 Å². The van der Waals surface area contributed by atoms with E-state index in [2.05, 4.69) is 17.4 Å². The van der Waals surface area contributed by atoms with E-state index in [1.807, 2.05) is 13.8 Å². The second-order valence-electron chi connectivity index (χ2n) is 3.55. The Morgan fingerprint density at radius 3 is 2.41 bits per heavy atom. The van der Waals surface area contributed by atoms with Gasteiger partial charge in [-0.25, -0.2) is 0 Å². The van der Waals surface area contributed by atoms with Gasteiger partial charge in [0.1, 0.15) is 11.5 Å². The molecule has 0 N–H and O–H groups in total. The highest BCUT2D eigenvalue weighted by atomic mass is 19.4. The van der Waals surface area contributed by atoms with E-state index in [0.29, 0.717) is 11.3 Å². The molecule has 93 valence electrons. The lowest BCUT2D eigenvalue weighted by atomic mass is 10.2. The summed E-state index contributed by atoms with van der Waals surface area (Å²) in [6, 6.07) is 3.76. The Bertz CT molecular complexity index is 397. The molecule has 0 spiro atoms. The molecule has 0 aliphatic heterocycles. The topological polar surface area (TPSA) is 18.5 Å². The summed E-state index contributed by atoms with van der Waals surface area (Å²) in [6.07, 6.45) is -2.29. The average Bonchev–Trinajstić information content (AvgIpc) is 2.17. The van der Waals surface area contributed by atoms with Gasteiger partial charge in [-0.05, 0) is 38.1 Å². The fourth-order valence-corrected chi connectivity index (χ4v) is 1.20. The molecule has 0 saturated carbocycles. The molecule has 5 heteroatoms. The summed E-state index contributed by atoms with van der Waals surface area (Å²) in [7, 11) is 0. The number of hydrogen-bond donors (Lipinski definition) is 0. The molecule has 0 saturated heterocycles. The minimum atomic E-state index is -4.71. The quantitative estimate of drug-likeness (QED) is 0.805. The van der Waals surface area contributed by atoms with Crippen molar-refractivity contribution >= 4 is 0 Å². The largest absolute Gasteiger partial charge is 0.573 e. The van der Waals surface area contributed by atoms with Crippen LogP contribution in [-0.4, -0.2) is 12.5 Å². The molecular formula is C12H12F3O2. The molecule has 1 aromatic carbocycles. The Balaban J connectivity index is 2.96. The van der Waals surface area contributed by atoms with Crippen LogP contribution in [0.4, 0.5) is 13.2 Å². The van der Waals surface area contributed by atoms with Crippen molar-refractivity contribution in [1.82, 2.24) is 0 Å². The van der Waals surface area contributed by atoms with Crippen LogP contribution in [0.15, 0.2) is 24.8 Å². The number of alkyl halides is 3. The van der Waals surface area contributed by atoms with Crippen molar-refractivity contribution in [2.45, 2.75) is 26.3 Å². The van der Waals surface area contributed by atoms with E-state index >= 15 is 0 Å². The van der Waals surface area contributed by atoms with Crippen LogP contribution >= 0.6 is 0 Å². The first kappa shape index (κ1) is 13.4. The molecule has 1 rings (SSSR count). The van der Waals surface area contributed by atoms with Gasteiger partial charge in [0, 0.05) is 5.56 Å². The Morgan fingerprint density at radius 2 is 1.94 bits per heavy atom. The van der Waals surface area contributed by atoms with E-state index < -0.39 is 6.36 Å². The molecule has 0 fully saturated rings. The number of ether oxygens (including phenoxy) is 2. The van der Waals surface area contributed by atoms with E-state index in [1.165, 1.54) is 18.2 Å². The standard InChI is InChI=1S/C12H12F3O2/c1-4-9-7-10(17-12(13,14)15)5-6-11(9)16-8(2)3/h5-8H,1H2,2-3H3. The molecular weight excluding hydrogens is 233 g/mol. The molecule has 0 amide bonds. The summed E-state index contributed by atoms with van der Waals surface area (Å²) >= 11 is 0. The zero-order chi connectivity index (χ0) is 13.1. The summed E-state index contributed by atoms with van der Waals surface area (Å²) in [5, 5.41) is 0. The first-order valence-corrected chi connectivity index (χ1v) is 4.91. The molecule has 0 unspecified atom stereocenters. The molecule has 0 atom stereocenters. The smallest absolute Gasteiger partial charge is 0.490 e. The maximum Gasteiger partial charge on any atom is 0.573 e. The van der Waals surface area contributed by atoms with Crippen LogP contribution in [0.5, 0.6) is 11.5 Å². The average molecular weight is 245 g/mol. The van der Waals surface area contributed by atoms with E-state index in [1.54, 1.807) is 0 Å². The van der Waals surface area contributed by atoms with Crippen molar-refractivity contribution < 1.29 is 22.6 Å². The minimum absolute atomic E-state index is 0.0866. The Morgan fingerprint density at radius 1 is 1.29 bits per heavy atom. The summed E-state index contributed by atoms with van der Waals surface area (Å²) in [6.45, 7) is 7.02. The van der Waals surface area contributed by atoms with Crippen molar-refractivity contribution in [3.63, 3.8) is 0 Å². The van der Waals surface area contributed by atoms with E-state index in [4.69, 9.17) is 4.74 Å².